The van der Waals surface area contributed by atoms with Crippen molar-refractivity contribution in [3.8, 4) is 0 Å². The zero-order chi connectivity index (χ0) is 16.6. The van der Waals surface area contributed by atoms with Gasteiger partial charge < -0.3 is 35.6 Å². The van der Waals surface area contributed by atoms with Crippen molar-refractivity contribution in [2.75, 3.05) is 19.8 Å². The molecule has 0 N–H and O–H groups in total. The topological polar surface area (TPSA) is 27.7 Å². The molecule has 0 radical (unpaired) electrons. The summed E-state index contributed by atoms with van der Waals surface area (Å²) in [5.74, 6) is 0. The molecule has 0 saturated heterocycles. The van der Waals surface area contributed by atoms with Gasteiger partial charge in [0.15, 0.2) is 0 Å². The molecule has 0 fully saturated rings. The molecule has 156 valence electrons. The van der Waals surface area contributed by atoms with Crippen LogP contribution in [-0.4, -0.2) is 36.7 Å². The van der Waals surface area contributed by atoms with E-state index in [-0.39, 0.29) is 43.3 Å². The number of rotatable bonds is 11. The first kappa shape index (κ1) is 33.8. The van der Waals surface area contributed by atoms with E-state index in [1.165, 1.54) is 10.8 Å². The molecule has 0 atom stereocenters. The summed E-state index contributed by atoms with van der Waals surface area (Å²) in [5, 5.41) is 1.41. The number of allylic oxidation sites excluding steroid dienone is 5. The van der Waals surface area contributed by atoms with Crippen molar-refractivity contribution in [2.24, 2.45) is 0 Å². The Morgan fingerprint density at radius 3 is 1.88 bits per heavy atom. The van der Waals surface area contributed by atoms with Gasteiger partial charge in [0.1, 0.15) is 0 Å². The van der Waals surface area contributed by atoms with Crippen LogP contribution in [0.4, 0.5) is 0 Å². The Labute approximate surface area is 180 Å². The van der Waals surface area contributed by atoms with Gasteiger partial charge in [-0.3, -0.25) is 6.08 Å². The fourth-order valence-electron chi connectivity index (χ4n) is 2.96. The zero-order valence-electron chi connectivity index (χ0n) is 18.1. The molecule has 0 unspecified atom stereocenters. The van der Waals surface area contributed by atoms with Gasteiger partial charge in [0.25, 0.3) is 0 Å². The minimum absolute atomic E-state index is 0. The van der Waals surface area contributed by atoms with E-state index in [2.05, 4.69) is 31.8 Å². The summed E-state index contributed by atoms with van der Waals surface area (Å²) >= 11 is 0. The van der Waals surface area contributed by atoms with Crippen LogP contribution in [0.25, 0.3) is 0 Å². The van der Waals surface area contributed by atoms with Crippen LogP contribution in [0.5, 0.6) is 0 Å². The second-order valence-electron chi connectivity index (χ2n) is 6.02. The van der Waals surface area contributed by atoms with Crippen LogP contribution in [0, 0.1) is 28.4 Å². The van der Waals surface area contributed by atoms with E-state index < -0.39 is 16.9 Å². The molecule has 0 spiro atoms. The van der Waals surface area contributed by atoms with Crippen molar-refractivity contribution in [3.63, 3.8) is 0 Å². The Morgan fingerprint density at radius 1 is 1.04 bits per heavy atom. The van der Waals surface area contributed by atoms with Crippen LogP contribution in [-0.2, 0) is 34.3 Å². The maximum atomic E-state index is 6.00. The fourth-order valence-corrected chi connectivity index (χ4v) is 8.37. The van der Waals surface area contributed by atoms with Crippen molar-refractivity contribution < 1.29 is 34.3 Å². The summed E-state index contributed by atoms with van der Waals surface area (Å²) in [6, 6.07) is 1.83. The summed E-state index contributed by atoms with van der Waals surface area (Å²) in [4.78, 5) is 0. The van der Waals surface area contributed by atoms with Gasteiger partial charge in [0, 0.05) is 27.9 Å². The number of hydrogen-bond acceptors (Lipinski definition) is 3. The van der Waals surface area contributed by atoms with Crippen molar-refractivity contribution >= 4 is 16.9 Å². The Balaban J connectivity index is -0.000000605. The van der Waals surface area contributed by atoms with E-state index in [0.717, 1.165) is 18.5 Å². The summed E-state index contributed by atoms with van der Waals surface area (Å²) in [6.45, 7) is 16.5. The standard InChI is InChI=1S/C17H31O3Si2.3CH3.Pt/c1-7-14-21(5,6)17-13-11-12-16(17)15-22(18-8-2,19-9-3)20-10-4;;;;/h7,12H,1,8-11,14-15H2,2-6H3;3*1H3;/q4*-1;+4. The second kappa shape index (κ2) is 16.2. The maximum Gasteiger partial charge on any atom is 4.00 e. The van der Waals surface area contributed by atoms with E-state index in [1.54, 1.807) is 0 Å². The van der Waals surface area contributed by atoms with Crippen molar-refractivity contribution in [1.29, 1.82) is 0 Å². The molecule has 0 saturated carbocycles. The first-order valence-electron chi connectivity index (χ1n) is 8.28. The van der Waals surface area contributed by atoms with Crippen LogP contribution in [0.2, 0.25) is 25.2 Å². The van der Waals surface area contributed by atoms with Crippen molar-refractivity contribution in [1.82, 2.24) is 0 Å². The third-order valence-corrected chi connectivity index (χ3v) is 9.94. The van der Waals surface area contributed by atoms with Gasteiger partial charge in [-0.15, -0.1) is 13.0 Å². The van der Waals surface area contributed by atoms with Gasteiger partial charge in [-0.05, 0) is 32.9 Å². The van der Waals surface area contributed by atoms with E-state index in [1.807, 2.05) is 26.8 Å². The fraction of sp³-hybridized carbons (Fsp3) is 0.550. The molecule has 6 heteroatoms. The van der Waals surface area contributed by atoms with Crippen LogP contribution in [0.1, 0.15) is 27.2 Å². The molecule has 0 bridgehead atoms. The van der Waals surface area contributed by atoms with Gasteiger partial charge in [0.2, 0.25) is 0 Å². The molecule has 0 aromatic heterocycles. The Kier molecular flexibility index (Phi) is 21.0. The third kappa shape index (κ3) is 9.43. The van der Waals surface area contributed by atoms with E-state index in [4.69, 9.17) is 13.3 Å². The molecular formula is C20H40O3PtSi2. The van der Waals surface area contributed by atoms with E-state index >= 15 is 0 Å². The van der Waals surface area contributed by atoms with E-state index in [9.17, 15) is 0 Å². The minimum atomic E-state index is -2.64. The quantitative estimate of drug-likeness (QED) is 0.174. The monoisotopic (exact) mass is 579 g/mol. The summed E-state index contributed by atoms with van der Waals surface area (Å²) in [5.41, 5.74) is 1.33. The molecule has 3 nitrogen and oxygen atoms in total. The SMILES string of the molecule is C=CC[Si](C)(C)C1=[C-]CC=C1C[Si](OCC)(OCC)OCC.[CH3-].[CH3-].[CH3-].[Pt+4]. The maximum absolute atomic E-state index is 6.00. The number of hydrogen-bond donors (Lipinski definition) is 0. The second-order valence-corrected chi connectivity index (χ2v) is 13.3. The van der Waals surface area contributed by atoms with Gasteiger partial charge in [-0.1, -0.05) is 19.2 Å². The molecule has 26 heavy (non-hydrogen) atoms. The molecule has 1 aliphatic carbocycles. The normalized spacial score (nSPS) is 13.3. The van der Waals surface area contributed by atoms with Crippen LogP contribution in [0.15, 0.2) is 29.5 Å². The van der Waals surface area contributed by atoms with Crippen molar-refractivity contribution in [2.45, 2.75) is 52.4 Å². The van der Waals surface area contributed by atoms with Gasteiger partial charge in [-0.2, -0.15) is 11.6 Å². The first-order valence-corrected chi connectivity index (χ1v) is 13.4. The van der Waals surface area contributed by atoms with Crippen LogP contribution < -0.4 is 0 Å². The van der Waals surface area contributed by atoms with Gasteiger partial charge in [-0.25, -0.2) is 5.20 Å². The van der Waals surface area contributed by atoms with Crippen LogP contribution in [0.3, 0.4) is 0 Å². The summed E-state index contributed by atoms with van der Waals surface area (Å²) in [7, 11) is -4.16. The average Bonchev–Trinajstić information content (AvgIpc) is 2.88. The molecule has 1 aliphatic rings. The Hall–Kier alpha value is 0.222. The predicted molar refractivity (Wildman–Crippen MR) is 117 cm³/mol. The van der Waals surface area contributed by atoms with Gasteiger partial charge >= 0.3 is 29.9 Å². The first-order chi connectivity index (χ1) is 10.4. The predicted octanol–water partition coefficient (Wildman–Crippen LogP) is 5.88. The molecule has 0 aromatic carbocycles. The minimum Gasteiger partial charge on any atom is -0.374 e. The smallest absolute Gasteiger partial charge is 0.374 e. The molecule has 0 aromatic rings. The van der Waals surface area contributed by atoms with Gasteiger partial charge in [0.05, 0.1) is 0 Å². The van der Waals surface area contributed by atoms with E-state index in [0.29, 0.717) is 19.8 Å². The third-order valence-electron chi connectivity index (χ3n) is 3.78. The summed E-state index contributed by atoms with van der Waals surface area (Å²) < 4.78 is 18.0. The zero-order valence-corrected chi connectivity index (χ0v) is 22.4. The average molecular weight is 580 g/mol. The molecule has 1 rings (SSSR count). The molecule has 0 heterocycles. The van der Waals surface area contributed by atoms with Crippen molar-refractivity contribution in [3.05, 3.63) is 57.9 Å². The Bertz CT molecular complexity index is 418. The summed E-state index contributed by atoms with van der Waals surface area (Å²) in [6.07, 6.45) is 8.78. The largest absolute Gasteiger partial charge is 4.00 e. The molecule has 0 aliphatic heterocycles. The molecular weight excluding hydrogens is 539 g/mol. The molecule has 0 amide bonds. The van der Waals surface area contributed by atoms with Crippen LogP contribution >= 0.6 is 0 Å². The Morgan fingerprint density at radius 2 is 1.50 bits per heavy atom.